The maximum absolute atomic E-state index is 12.9. The highest BCUT2D eigenvalue weighted by atomic mass is 16.6. The summed E-state index contributed by atoms with van der Waals surface area (Å²) in [7, 11) is 0. The second-order valence-corrected chi connectivity index (χ2v) is 21.7. The highest BCUT2D eigenvalue weighted by Gasteiger charge is 2.19. The van der Waals surface area contributed by atoms with Crippen molar-refractivity contribution >= 4 is 17.9 Å². The third kappa shape index (κ3) is 53.6. The van der Waals surface area contributed by atoms with Gasteiger partial charge in [0.15, 0.2) is 6.10 Å². The van der Waals surface area contributed by atoms with E-state index in [4.69, 9.17) is 14.2 Å². The fourth-order valence-corrected chi connectivity index (χ4v) is 9.37. The highest BCUT2D eigenvalue weighted by molar-refractivity contribution is 5.71. The molecule has 1 unspecified atom stereocenters. The van der Waals surface area contributed by atoms with E-state index in [0.29, 0.717) is 19.3 Å². The smallest absolute Gasteiger partial charge is 0.306 e. The summed E-state index contributed by atoms with van der Waals surface area (Å²) in [6, 6.07) is 0. The number of ether oxygens (including phenoxy) is 3. The Morgan fingerprint density at radius 1 is 0.313 bits per heavy atom. The lowest BCUT2D eigenvalue weighted by Crippen LogP contribution is -2.30. The molecule has 0 saturated heterocycles. The van der Waals surface area contributed by atoms with Crippen molar-refractivity contribution < 1.29 is 28.6 Å². The van der Waals surface area contributed by atoms with Gasteiger partial charge in [-0.15, -0.1) is 0 Å². The Balaban J connectivity index is 4.20. The topological polar surface area (TPSA) is 78.9 Å². The number of rotatable bonds is 55. The van der Waals surface area contributed by atoms with E-state index in [1.165, 1.54) is 231 Å². The van der Waals surface area contributed by atoms with Crippen LogP contribution in [-0.2, 0) is 28.6 Å². The van der Waals surface area contributed by atoms with Crippen LogP contribution in [0.15, 0.2) is 0 Å². The quantitative estimate of drug-likeness (QED) is 0.0343. The highest BCUT2D eigenvalue weighted by Crippen LogP contribution is 2.19. The predicted molar refractivity (Wildman–Crippen MR) is 289 cm³/mol. The van der Waals surface area contributed by atoms with Gasteiger partial charge in [-0.25, -0.2) is 0 Å². The number of hydrogen-bond donors (Lipinski definition) is 0. The van der Waals surface area contributed by atoms with Crippen LogP contribution in [0.4, 0.5) is 0 Å². The Hall–Kier alpha value is -1.59. The average Bonchev–Trinajstić information content (AvgIpc) is 3.31. The summed E-state index contributed by atoms with van der Waals surface area (Å²) in [5, 5.41) is 0. The van der Waals surface area contributed by atoms with Crippen molar-refractivity contribution in [3.8, 4) is 0 Å². The molecule has 0 heterocycles. The molecule has 0 aromatic rings. The third-order valence-corrected chi connectivity index (χ3v) is 14.3. The Labute approximate surface area is 418 Å². The molecule has 0 aromatic heterocycles. The Morgan fingerprint density at radius 2 is 0.567 bits per heavy atom. The van der Waals surface area contributed by atoms with Crippen LogP contribution < -0.4 is 0 Å². The minimum atomic E-state index is -0.763. The third-order valence-electron chi connectivity index (χ3n) is 14.3. The zero-order chi connectivity index (χ0) is 48.9. The van der Waals surface area contributed by atoms with Crippen LogP contribution in [0, 0.1) is 11.8 Å². The molecule has 0 aliphatic carbocycles. The van der Waals surface area contributed by atoms with Gasteiger partial charge in [-0.3, -0.25) is 14.4 Å². The van der Waals surface area contributed by atoms with Crippen LogP contribution in [0.3, 0.4) is 0 Å². The summed E-state index contributed by atoms with van der Waals surface area (Å²) in [5.41, 5.74) is 0. The van der Waals surface area contributed by atoms with E-state index in [1.54, 1.807) is 0 Å². The van der Waals surface area contributed by atoms with Crippen molar-refractivity contribution in [2.24, 2.45) is 11.8 Å². The van der Waals surface area contributed by atoms with Crippen LogP contribution in [0.1, 0.15) is 343 Å². The molecule has 2 atom stereocenters. The van der Waals surface area contributed by atoms with Crippen molar-refractivity contribution in [2.75, 3.05) is 13.2 Å². The first-order valence-electron chi connectivity index (χ1n) is 30.3. The molecule has 0 aromatic carbocycles. The molecule has 0 fully saturated rings. The van der Waals surface area contributed by atoms with E-state index < -0.39 is 6.10 Å². The molecular weight excluding hydrogens is 829 g/mol. The zero-order valence-corrected chi connectivity index (χ0v) is 46.0. The molecule has 0 amide bonds. The van der Waals surface area contributed by atoms with Crippen molar-refractivity contribution in [3.63, 3.8) is 0 Å². The van der Waals surface area contributed by atoms with E-state index in [0.717, 1.165) is 69.6 Å². The molecule has 0 aliphatic heterocycles. The van der Waals surface area contributed by atoms with Crippen LogP contribution in [0.25, 0.3) is 0 Å². The van der Waals surface area contributed by atoms with Crippen molar-refractivity contribution in [2.45, 2.75) is 349 Å². The number of hydrogen-bond acceptors (Lipinski definition) is 6. The standard InChI is InChI=1S/C61H118O6/c1-6-8-9-10-11-12-13-14-15-18-22-25-28-31-36-41-46-51-59(62)65-54-58(55-66-60(63)52-47-42-38-33-34-39-44-49-56(3)4)67-61(64)53-48-43-37-32-29-26-23-20-17-16-19-21-24-27-30-35-40-45-50-57(5)7-2/h56-58H,6-55H2,1-5H3/t57?,58-/m0/s1. The summed E-state index contributed by atoms with van der Waals surface area (Å²) in [6.45, 7) is 11.4. The maximum atomic E-state index is 12.9. The monoisotopic (exact) mass is 947 g/mol. The second-order valence-electron chi connectivity index (χ2n) is 21.7. The van der Waals surface area contributed by atoms with Gasteiger partial charge in [0.25, 0.3) is 0 Å². The number of carbonyl (C=O) groups is 3. The van der Waals surface area contributed by atoms with Crippen LogP contribution >= 0.6 is 0 Å². The van der Waals surface area contributed by atoms with Crippen LogP contribution in [0.2, 0.25) is 0 Å². The van der Waals surface area contributed by atoms with E-state index in [-0.39, 0.29) is 31.1 Å². The van der Waals surface area contributed by atoms with Gasteiger partial charge in [0, 0.05) is 19.3 Å². The molecule has 398 valence electrons. The van der Waals surface area contributed by atoms with Gasteiger partial charge in [-0.05, 0) is 31.1 Å². The normalized spacial score (nSPS) is 12.4. The lowest BCUT2D eigenvalue weighted by atomic mass is 9.99. The molecule has 0 aliphatic rings. The lowest BCUT2D eigenvalue weighted by Gasteiger charge is -2.18. The minimum Gasteiger partial charge on any atom is -0.462 e. The van der Waals surface area contributed by atoms with Crippen LogP contribution in [-0.4, -0.2) is 37.2 Å². The first kappa shape index (κ1) is 65.4. The SMILES string of the molecule is CCCCCCCCCCCCCCCCCCCC(=O)OC[C@@H](COC(=O)CCCCCCCCCC(C)C)OC(=O)CCCCCCCCCCCCCCCCCCCCC(C)CC. The zero-order valence-electron chi connectivity index (χ0n) is 46.0. The van der Waals surface area contributed by atoms with E-state index in [9.17, 15) is 14.4 Å². The van der Waals surface area contributed by atoms with E-state index in [2.05, 4.69) is 34.6 Å². The minimum absolute atomic E-state index is 0.0630. The first-order chi connectivity index (χ1) is 32.8. The van der Waals surface area contributed by atoms with Crippen molar-refractivity contribution in [1.82, 2.24) is 0 Å². The lowest BCUT2D eigenvalue weighted by molar-refractivity contribution is -0.167. The van der Waals surface area contributed by atoms with Crippen molar-refractivity contribution in [3.05, 3.63) is 0 Å². The molecule has 67 heavy (non-hydrogen) atoms. The largest absolute Gasteiger partial charge is 0.462 e. The Bertz CT molecular complexity index is 1030. The fourth-order valence-electron chi connectivity index (χ4n) is 9.37. The van der Waals surface area contributed by atoms with Gasteiger partial charge >= 0.3 is 17.9 Å². The summed E-state index contributed by atoms with van der Waals surface area (Å²) in [6.07, 6.45) is 58.2. The molecule has 0 radical (unpaired) electrons. The summed E-state index contributed by atoms with van der Waals surface area (Å²) in [5.74, 6) is 0.850. The predicted octanol–water partition coefficient (Wildman–Crippen LogP) is 20.0. The Morgan fingerprint density at radius 3 is 0.851 bits per heavy atom. The van der Waals surface area contributed by atoms with Crippen LogP contribution in [0.5, 0.6) is 0 Å². The molecule has 0 rings (SSSR count). The summed E-state index contributed by atoms with van der Waals surface area (Å²) >= 11 is 0. The second kappa shape index (κ2) is 53.8. The number of unbranched alkanes of at least 4 members (excludes halogenated alkanes) is 39. The number of carbonyl (C=O) groups excluding carboxylic acids is 3. The molecule has 0 bridgehead atoms. The van der Waals surface area contributed by atoms with Gasteiger partial charge in [-0.1, -0.05) is 304 Å². The molecule has 6 nitrogen and oxygen atoms in total. The molecular formula is C61H118O6. The van der Waals surface area contributed by atoms with E-state index >= 15 is 0 Å². The van der Waals surface area contributed by atoms with Gasteiger partial charge in [-0.2, -0.15) is 0 Å². The van der Waals surface area contributed by atoms with Gasteiger partial charge in [0.1, 0.15) is 13.2 Å². The van der Waals surface area contributed by atoms with Gasteiger partial charge in [0.05, 0.1) is 0 Å². The van der Waals surface area contributed by atoms with Crippen molar-refractivity contribution in [1.29, 1.82) is 0 Å². The summed E-state index contributed by atoms with van der Waals surface area (Å²) in [4.78, 5) is 38.1. The van der Waals surface area contributed by atoms with Gasteiger partial charge in [0.2, 0.25) is 0 Å². The molecule has 0 saturated carbocycles. The molecule has 6 heteroatoms. The van der Waals surface area contributed by atoms with E-state index in [1.807, 2.05) is 0 Å². The maximum Gasteiger partial charge on any atom is 0.306 e. The number of esters is 3. The van der Waals surface area contributed by atoms with Gasteiger partial charge < -0.3 is 14.2 Å². The average molecular weight is 948 g/mol. The Kier molecular flexibility index (Phi) is 52.5. The fraction of sp³-hybridized carbons (Fsp3) is 0.951. The summed E-state index contributed by atoms with van der Waals surface area (Å²) < 4.78 is 16.9. The first-order valence-corrected chi connectivity index (χ1v) is 30.3. The molecule has 0 N–H and O–H groups in total. The molecule has 0 spiro atoms.